The molecule has 0 saturated carbocycles. The third-order valence-corrected chi connectivity index (χ3v) is 5.04. The van der Waals surface area contributed by atoms with Crippen molar-refractivity contribution in [2.24, 2.45) is 0 Å². The summed E-state index contributed by atoms with van der Waals surface area (Å²) in [5.74, 6) is -0.100. The molecule has 3 nitrogen and oxygen atoms in total. The van der Waals surface area contributed by atoms with E-state index in [4.69, 9.17) is 4.74 Å². The normalized spacial score (nSPS) is 16.8. The molecule has 1 N–H and O–H groups in total. The van der Waals surface area contributed by atoms with E-state index in [0.29, 0.717) is 26.2 Å². The number of benzene rings is 1. The molecule has 4 heteroatoms. The Hall–Kier alpha value is -1.42. The smallest absolute Gasteiger partial charge is 0.220 e. The lowest BCUT2D eigenvalue weighted by atomic mass is 9.74. The maximum Gasteiger partial charge on any atom is 0.220 e. The fourth-order valence-electron chi connectivity index (χ4n) is 3.38. The van der Waals surface area contributed by atoms with Gasteiger partial charge in [0.2, 0.25) is 5.91 Å². The summed E-state index contributed by atoms with van der Waals surface area (Å²) in [6, 6.07) is 6.69. The number of halogens is 1. The van der Waals surface area contributed by atoms with Crippen molar-refractivity contribution in [3.8, 4) is 0 Å². The van der Waals surface area contributed by atoms with Gasteiger partial charge in [-0.15, -0.1) is 0 Å². The van der Waals surface area contributed by atoms with Gasteiger partial charge in [0.1, 0.15) is 5.82 Å². The number of carbonyl (C=O) groups excluding carboxylic acids is 1. The van der Waals surface area contributed by atoms with E-state index in [0.717, 1.165) is 31.2 Å². The predicted octanol–water partition coefficient (Wildman–Crippen LogP) is 4.35. The zero-order valence-electron chi connectivity index (χ0n) is 14.8. The highest BCUT2D eigenvalue weighted by Gasteiger charge is 2.34. The maximum absolute atomic E-state index is 13.2. The number of hydrogen-bond acceptors (Lipinski definition) is 2. The van der Waals surface area contributed by atoms with Crippen molar-refractivity contribution < 1.29 is 13.9 Å². The zero-order valence-corrected chi connectivity index (χ0v) is 14.8. The molecule has 0 aromatic heterocycles. The van der Waals surface area contributed by atoms with Crippen LogP contribution < -0.4 is 5.32 Å². The second kappa shape index (κ2) is 9.77. The third kappa shape index (κ3) is 5.59. The van der Waals surface area contributed by atoms with E-state index >= 15 is 0 Å². The van der Waals surface area contributed by atoms with Gasteiger partial charge < -0.3 is 10.1 Å². The number of nitrogens with one attached hydrogen (secondary N) is 1. The van der Waals surface area contributed by atoms with Crippen LogP contribution in [-0.4, -0.2) is 25.7 Å². The summed E-state index contributed by atoms with van der Waals surface area (Å²) in [6.45, 7) is 4.17. The van der Waals surface area contributed by atoms with Crippen molar-refractivity contribution in [2.45, 2.75) is 63.7 Å². The Kier molecular flexibility index (Phi) is 7.70. The Labute approximate surface area is 145 Å². The first-order chi connectivity index (χ1) is 11.7. The average Bonchev–Trinajstić information content (AvgIpc) is 2.61. The molecule has 0 radical (unpaired) electrons. The first-order valence-electron chi connectivity index (χ1n) is 9.27. The van der Waals surface area contributed by atoms with Crippen LogP contribution in [0.25, 0.3) is 0 Å². The molecule has 1 saturated heterocycles. The van der Waals surface area contributed by atoms with Crippen molar-refractivity contribution in [1.82, 2.24) is 5.32 Å². The second-order valence-electron chi connectivity index (χ2n) is 6.84. The van der Waals surface area contributed by atoms with Crippen molar-refractivity contribution in [3.05, 3.63) is 35.6 Å². The van der Waals surface area contributed by atoms with Crippen molar-refractivity contribution in [3.63, 3.8) is 0 Å². The Bertz CT molecular complexity index is 495. The van der Waals surface area contributed by atoms with Crippen LogP contribution in [0.4, 0.5) is 4.39 Å². The van der Waals surface area contributed by atoms with Crippen molar-refractivity contribution in [2.75, 3.05) is 19.8 Å². The quantitative estimate of drug-likeness (QED) is 0.681. The molecule has 24 heavy (non-hydrogen) atoms. The molecule has 2 rings (SSSR count). The standard InChI is InChI=1S/C20H30FNO2/c1-2-3-4-5-6-7-19(23)22-16-20(12-14-24-15-13-20)17-8-10-18(21)11-9-17/h8-11H,2-7,12-16H2,1H3,(H,22,23). The van der Waals surface area contributed by atoms with Gasteiger partial charge in [-0.1, -0.05) is 44.7 Å². The molecule has 1 aliphatic heterocycles. The van der Waals surface area contributed by atoms with E-state index in [2.05, 4.69) is 12.2 Å². The fourth-order valence-corrected chi connectivity index (χ4v) is 3.38. The molecule has 0 aliphatic carbocycles. The minimum atomic E-state index is -0.225. The van der Waals surface area contributed by atoms with E-state index in [-0.39, 0.29) is 17.1 Å². The van der Waals surface area contributed by atoms with Crippen LogP contribution in [0.3, 0.4) is 0 Å². The van der Waals surface area contributed by atoms with Gasteiger partial charge >= 0.3 is 0 Å². The number of unbranched alkanes of at least 4 members (excludes halogenated alkanes) is 4. The minimum absolute atomic E-state index is 0.125. The van der Waals surface area contributed by atoms with Gasteiger partial charge in [0.05, 0.1) is 0 Å². The van der Waals surface area contributed by atoms with Crippen molar-refractivity contribution in [1.29, 1.82) is 0 Å². The highest BCUT2D eigenvalue weighted by atomic mass is 19.1. The van der Waals surface area contributed by atoms with Crippen LogP contribution in [0.5, 0.6) is 0 Å². The molecular formula is C20H30FNO2. The fraction of sp³-hybridized carbons (Fsp3) is 0.650. The van der Waals surface area contributed by atoms with Crippen LogP contribution in [-0.2, 0) is 14.9 Å². The van der Waals surface area contributed by atoms with Gasteiger partial charge in [0.15, 0.2) is 0 Å². The molecule has 0 atom stereocenters. The minimum Gasteiger partial charge on any atom is -0.381 e. The number of carbonyl (C=O) groups is 1. The van der Waals surface area contributed by atoms with Crippen LogP contribution in [0.2, 0.25) is 0 Å². The molecule has 0 bridgehead atoms. The third-order valence-electron chi connectivity index (χ3n) is 5.04. The van der Waals surface area contributed by atoms with Gasteiger partial charge in [-0.25, -0.2) is 4.39 Å². The molecule has 1 aliphatic rings. The Balaban J connectivity index is 1.87. The lowest BCUT2D eigenvalue weighted by molar-refractivity contribution is -0.121. The lowest BCUT2D eigenvalue weighted by Gasteiger charge is -2.38. The molecule has 0 spiro atoms. The largest absolute Gasteiger partial charge is 0.381 e. The molecule has 1 heterocycles. The van der Waals surface area contributed by atoms with Gasteiger partial charge in [0, 0.05) is 31.6 Å². The summed E-state index contributed by atoms with van der Waals surface area (Å²) >= 11 is 0. The van der Waals surface area contributed by atoms with E-state index in [1.807, 2.05) is 12.1 Å². The molecule has 1 aromatic rings. The lowest BCUT2D eigenvalue weighted by Crippen LogP contribution is -2.44. The summed E-state index contributed by atoms with van der Waals surface area (Å²) in [5, 5.41) is 3.11. The summed E-state index contributed by atoms with van der Waals surface area (Å²) in [7, 11) is 0. The van der Waals surface area contributed by atoms with Gasteiger partial charge in [-0.05, 0) is 37.0 Å². The Morgan fingerprint density at radius 3 is 2.46 bits per heavy atom. The molecular weight excluding hydrogens is 305 g/mol. The van der Waals surface area contributed by atoms with Crippen molar-refractivity contribution >= 4 is 5.91 Å². The van der Waals surface area contributed by atoms with Crippen LogP contribution >= 0.6 is 0 Å². The second-order valence-corrected chi connectivity index (χ2v) is 6.84. The summed E-state index contributed by atoms with van der Waals surface area (Å²) in [5.41, 5.74) is 0.958. The van der Waals surface area contributed by atoms with Crippen LogP contribution in [0.1, 0.15) is 63.9 Å². The van der Waals surface area contributed by atoms with Gasteiger partial charge in [0.25, 0.3) is 0 Å². The Morgan fingerprint density at radius 1 is 1.12 bits per heavy atom. The van der Waals surface area contributed by atoms with E-state index in [1.54, 1.807) is 0 Å². The van der Waals surface area contributed by atoms with Crippen LogP contribution in [0.15, 0.2) is 24.3 Å². The average molecular weight is 335 g/mol. The monoisotopic (exact) mass is 335 g/mol. The van der Waals surface area contributed by atoms with E-state index < -0.39 is 0 Å². The number of ether oxygens (including phenoxy) is 1. The molecule has 1 amide bonds. The Morgan fingerprint density at radius 2 is 1.79 bits per heavy atom. The highest BCUT2D eigenvalue weighted by Crippen LogP contribution is 2.34. The van der Waals surface area contributed by atoms with Gasteiger partial charge in [-0.3, -0.25) is 4.79 Å². The zero-order chi connectivity index (χ0) is 17.3. The van der Waals surface area contributed by atoms with Gasteiger partial charge in [-0.2, -0.15) is 0 Å². The highest BCUT2D eigenvalue weighted by molar-refractivity contribution is 5.76. The number of rotatable bonds is 9. The molecule has 1 aromatic carbocycles. The molecule has 0 unspecified atom stereocenters. The molecule has 134 valence electrons. The first-order valence-corrected chi connectivity index (χ1v) is 9.27. The summed E-state index contributed by atoms with van der Waals surface area (Å²) in [6.07, 6.45) is 8.06. The topological polar surface area (TPSA) is 38.3 Å². The first kappa shape index (κ1) is 18.9. The summed E-state index contributed by atoms with van der Waals surface area (Å²) in [4.78, 5) is 12.1. The van der Waals surface area contributed by atoms with E-state index in [9.17, 15) is 9.18 Å². The predicted molar refractivity (Wildman–Crippen MR) is 94.5 cm³/mol. The molecule has 1 fully saturated rings. The maximum atomic E-state index is 13.2. The number of hydrogen-bond donors (Lipinski definition) is 1. The summed E-state index contributed by atoms with van der Waals surface area (Å²) < 4.78 is 18.7. The number of amides is 1. The van der Waals surface area contributed by atoms with E-state index in [1.165, 1.54) is 31.4 Å². The van der Waals surface area contributed by atoms with Crippen LogP contribution in [0, 0.1) is 5.82 Å². The SMILES string of the molecule is CCCCCCCC(=O)NCC1(c2ccc(F)cc2)CCOCC1.